The molecular formula is C14H21NO5S. The van der Waals surface area contributed by atoms with Crippen molar-refractivity contribution in [2.24, 2.45) is 0 Å². The molecule has 1 aromatic rings. The van der Waals surface area contributed by atoms with Crippen LogP contribution in [0.4, 0.5) is 0 Å². The van der Waals surface area contributed by atoms with Gasteiger partial charge in [0.25, 0.3) is 0 Å². The molecule has 1 rings (SSSR count). The molecule has 0 unspecified atom stereocenters. The molecule has 0 aromatic heterocycles. The number of ether oxygens (including phenoxy) is 1. The van der Waals surface area contributed by atoms with E-state index in [-0.39, 0.29) is 28.3 Å². The first-order valence-electron chi connectivity index (χ1n) is 6.57. The van der Waals surface area contributed by atoms with Crippen molar-refractivity contribution >= 4 is 16.0 Å². The van der Waals surface area contributed by atoms with E-state index < -0.39 is 16.0 Å². The number of nitrogens with zero attached hydrogens (tertiary/aromatic N) is 1. The lowest BCUT2D eigenvalue weighted by molar-refractivity contribution is 0.0696. The zero-order valence-corrected chi connectivity index (χ0v) is 13.6. The summed E-state index contributed by atoms with van der Waals surface area (Å²) in [4.78, 5) is 11.0. The van der Waals surface area contributed by atoms with Crippen molar-refractivity contribution in [2.75, 3.05) is 7.11 Å². The highest BCUT2D eigenvalue weighted by Gasteiger charge is 2.30. The minimum Gasteiger partial charge on any atom is -0.497 e. The van der Waals surface area contributed by atoms with Gasteiger partial charge in [0.2, 0.25) is 10.0 Å². The fourth-order valence-electron chi connectivity index (χ4n) is 2.24. The SMILES string of the molecule is COc1cc(C(=O)O)cc(S(=O)(=O)N(C(C)C)C(C)C)c1. The average Bonchev–Trinajstić information content (AvgIpc) is 2.36. The van der Waals surface area contributed by atoms with Crippen LogP contribution in [0.3, 0.4) is 0 Å². The molecule has 0 atom stereocenters. The van der Waals surface area contributed by atoms with Gasteiger partial charge >= 0.3 is 5.97 Å². The molecule has 0 saturated heterocycles. The number of sulfonamides is 1. The molecule has 118 valence electrons. The maximum absolute atomic E-state index is 12.7. The Balaban J connectivity index is 3.49. The summed E-state index contributed by atoms with van der Waals surface area (Å²) in [6.07, 6.45) is 0. The second kappa shape index (κ2) is 6.44. The van der Waals surface area contributed by atoms with Crippen LogP contribution in [-0.2, 0) is 10.0 Å². The molecule has 7 heteroatoms. The van der Waals surface area contributed by atoms with Crippen LogP contribution in [0.2, 0.25) is 0 Å². The van der Waals surface area contributed by atoms with E-state index in [2.05, 4.69) is 0 Å². The summed E-state index contributed by atoms with van der Waals surface area (Å²) in [5.74, 6) is -1.01. The van der Waals surface area contributed by atoms with Gasteiger partial charge in [-0.3, -0.25) is 0 Å². The largest absolute Gasteiger partial charge is 0.497 e. The molecule has 1 N–H and O–H groups in total. The quantitative estimate of drug-likeness (QED) is 0.870. The molecular weight excluding hydrogens is 294 g/mol. The van der Waals surface area contributed by atoms with Gasteiger partial charge in [0, 0.05) is 18.2 Å². The predicted molar refractivity (Wildman–Crippen MR) is 79.3 cm³/mol. The first-order chi connectivity index (χ1) is 9.61. The molecule has 0 fully saturated rings. The van der Waals surface area contributed by atoms with Crippen LogP contribution in [0, 0.1) is 0 Å². The number of carboxylic acid groups (broad SMARTS) is 1. The Morgan fingerprint density at radius 1 is 1.14 bits per heavy atom. The van der Waals surface area contributed by atoms with Gasteiger partial charge in [0.05, 0.1) is 17.6 Å². The number of benzene rings is 1. The van der Waals surface area contributed by atoms with Gasteiger partial charge in [-0.2, -0.15) is 4.31 Å². The molecule has 0 aliphatic carbocycles. The van der Waals surface area contributed by atoms with Crippen LogP contribution < -0.4 is 4.74 Å². The Kier molecular flexibility index (Phi) is 5.36. The van der Waals surface area contributed by atoms with E-state index in [1.165, 1.54) is 23.5 Å². The summed E-state index contributed by atoms with van der Waals surface area (Å²) in [5.41, 5.74) is -0.125. The minimum atomic E-state index is -3.80. The van der Waals surface area contributed by atoms with Crippen molar-refractivity contribution in [1.82, 2.24) is 4.31 Å². The third-order valence-electron chi connectivity index (χ3n) is 2.96. The third kappa shape index (κ3) is 3.74. The summed E-state index contributed by atoms with van der Waals surface area (Å²) in [6.45, 7) is 7.09. The van der Waals surface area contributed by atoms with E-state index in [4.69, 9.17) is 9.84 Å². The van der Waals surface area contributed by atoms with E-state index >= 15 is 0 Å². The van der Waals surface area contributed by atoms with Crippen LogP contribution in [0.1, 0.15) is 38.1 Å². The van der Waals surface area contributed by atoms with Crippen molar-refractivity contribution in [1.29, 1.82) is 0 Å². The topological polar surface area (TPSA) is 83.9 Å². The third-order valence-corrected chi connectivity index (χ3v) is 5.19. The summed E-state index contributed by atoms with van der Waals surface area (Å²) < 4.78 is 31.8. The lowest BCUT2D eigenvalue weighted by atomic mass is 10.2. The highest BCUT2D eigenvalue weighted by atomic mass is 32.2. The highest BCUT2D eigenvalue weighted by Crippen LogP contribution is 2.26. The first-order valence-corrected chi connectivity index (χ1v) is 8.01. The molecule has 1 aromatic carbocycles. The van der Waals surface area contributed by atoms with Gasteiger partial charge in [0.1, 0.15) is 5.75 Å². The maximum atomic E-state index is 12.7. The molecule has 21 heavy (non-hydrogen) atoms. The molecule has 0 saturated carbocycles. The Labute approximate surface area is 125 Å². The zero-order valence-electron chi connectivity index (χ0n) is 12.8. The summed E-state index contributed by atoms with van der Waals surface area (Å²) >= 11 is 0. The minimum absolute atomic E-state index is 0.0818. The summed E-state index contributed by atoms with van der Waals surface area (Å²) in [6, 6.07) is 3.29. The molecule has 0 aliphatic rings. The number of rotatable bonds is 6. The lowest BCUT2D eigenvalue weighted by Gasteiger charge is -2.29. The Morgan fingerprint density at radius 2 is 1.67 bits per heavy atom. The number of carbonyl (C=O) groups is 1. The van der Waals surface area contributed by atoms with Gasteiger partial charge < -0.3 is 9.84 Å². The van der Waals surface area contributed by atoms with Crippen LogP contribution >= 0.6 is 0 Å². The molecule has 0 spiro atoms. The lowest BCUT2D eigenvalue weighted by Crippen LogP contribution is -2.41. The second-order valence-electron chi connectivity index (χ2n) is 5.22. The number of aromatic carboxylic acids is 1. The van der Waals surface area contributed by atoms with Gasteiger partial charge in [-0.1, -0.05) is 0 Å². The van der Waals surface area contributed by atoms with E-state index in [9.17, 15) is 13.2 Å². The van der Waals surface area contributed by atoms with Crippen molar-refractivity contribution in [3.8, 4) is 5.75 Å². The molecule has 0 radical (unpaired) electrons. The van der Waals surface area contributed by atoms with Crippen LogP contribution in [0.15, 0.2) is 23.1 Å². The van der Waals surface area contributed by atoms with Gasteiger partial charge in [-0.15, -0.1) is 0 Å². The predicted octanol–water partition coefficient (Wildman–Crippen LogP) is 2.20. The molecule has 0 amide bonds. The average molecular weight is 315 g/mol. The Bertz CT molecular complexity index is 614. The highest BCUT2D eigenvalue weighted by molar-refractivity contribution is 7.89. The molecule has 0 aliphatic heterocycles. The van der Waals surface area contributed by atoms with Gasteiger partial charge in [0.15, 0.2) is 0 Å². The molecule has 6 nitrogen and oxygen atoms in total. The zero-order chi connectivity index (χ0) is 16.4. The maximum Gasteiger partial charge on any atom is 0.335 e. The van der Waals surface area contributed by atoms with Crippen molar-refractivity contribution < 1.29 is 23.1 Å². The van der Waals surface area contributed by atoms with Crippen molar-refractivity contribution in [3.05, 3.63) is 23.8 Å². The van der Waals surface area contributed by atoms with Crippen LogP contribution in [0.25, 0.3) is 0 Å². The normalized spacial score (nSPS) is 12.2. The van der Waals surface area contributed by atoms with Crippen molar-refractivity contribution in [3.63, 3.8) is 0 Å². The van der Waals surface area contributed by atoms with Crippen LogP contribution in [0.5, 0.6) is 5.75 Å². The first kappa shape index (κ1) is 17.5. The molecule has 0 heterocycles. The summed E-state index contributed by atoms with van der Waals surface area (Å²) in [5, 5.41) is 9.09. The Hall–Kier alpha value is -1.60. The summed E-state index contributed by atoms with van der Waals surface area (Å²) in [7, 11) is -2.44. The standard InChI is InChI=1S/C14H21NO5S/c1-9(2)15(10(3)4)21(18,19)13-7-11(14(16)17)6-12(8-13)20-5/h6-10H,1-5H3,(H,16,17). The monoisotopic (exact) mass is 315 g/mol. The fourth-order valence-corrected chi connectivity index (χ4v) is 4.13. The number of carboxylic acids is 1. The number of hydrogen-bond acceptors (Lipinski definition) is 4. The van der Waals surface area contributed by atoms with Gasteiger partial charge in [-0.05, 0) is 39.8 Å². The van der Waals surface area contributed by atoms with Gasteiger partial charge in [-0.25, -0.2) is 13.2 Å². The number of methoxy groups -OCH3 is 1. The van der Waals surface area contributed by atoms with Crippen LogP contribution in [-0.4, -0.2) is 43.0 Å². The van der Waals surface area contributed by atoms with E-state index in [0.717, 1.165) is 6.07 Å². The second-order valence-corrected chi connectivity index (χ2v) is 7.07. The Morgan fingerprint density at radius 3 is 2.05 bits per heavy atom. The number of hydrogen-bond donors (Lipinski definition) is 1. The smallest absolute Gasteiger partial charge is 0.335 e. The molecule has 0 bridgehead atoms. The fraction of sp³-hybridized carbons (Fsp3) is 0.500. The van der Waals surface area contributed by atoms with E-state index in [0.29, 0.717) is 0 Å². The van der Waals surface area contributed by atoms with E-state index in [1.54, 1.807) is 27.7 Å². The van der Waals surface area contributed by atoms with Crippen molar-refractivity contribution in [2.45, 2.75) is 44.7 Å². The van der Waals surface area contributed by atoms with E-state index in [1.807, 2.05) is 0 Å².